The van der Waals surface area contributed by atoms with E-state index in [1.54, 1.807) is 18.2 Å². The zero-order valence-corrected chi connectivity index (χ0v) is 13.1. The number of fused-ring (bicyclic) bond motifs is 4. The van der Waals surface area contributed by atoms with Gasteiger partial charge < -0.3 is 15.5 Å². The molecule has 2 atom stereocenters. The second-order valence-corrected chi connectivity index (χ2v) is 6.28. The van der Waals surface area contributed by atoms with Gasteiger partial charge in [0.15, 0.2) is 0 Å². The molecule has 3 nitrogen and oxygen atoms in total. The molecule has 1 heterocycles. The molecule has 0 aromatic heterocycles. The Kier molecular flexibility index (Phi) is 3.79. The average Bonchev–Trinajstić information content (AvgIpc) is 2.49. The summed E-state index contributed by atoms with van der Waals surface area (Å²) in [5.74, 6) is 0.636. The van der Waals surface area contributed by atoms with Gasteiger partial charge in [-0.05, 0) is 66.8 Å². The van der Waals surface area contributed by atoms with Crippen molar-refractivity contribution < 1.29 is 10.2 Å². The van der Waals surface area contributed by atoms with E-state index in [4.69, 9.17) is 0 Å². The summed E-state index contributed by atoms with van der Waals surface area (Å²) in [4.78, 5) is 0. The summed E-state index contributed by atoms with van der Waals surface area (Å²) in [6.07, 6.45) is 3.09. The van der Waals surface area contributed by atoms with Crippen LogP contribution in [0.1, 0.15) is 29.5 Å². The molecule has 4 rings (SSSR count). The molecule has 1 aliphatic heterocycles. The zero-order valence-electron chi connectivity index (χ0n) is 12.2. The van der Waals surface area contributed by atoms with Crippen molar-refractivity contribution in [2.75, 3.05) is 6.54 Å². The highest BCUT2D eigenvalue weighted by Gasteiger charge is 2.44. The maximum Gasteiger partial charge on any atom is 0.115 e. The molecule has 116 valence electrons. The second kappa shape index (κ2) is 5.49. The Bertz CT molecular complexity index is 686. The molecule has 1 fully saturated rings. The fourth-order valence-electron chi connectivity index (χ4n) is 4.13. The summed E-state index contributed by atoms with van der Waals surface area (Å²) in [6, 6.07) is 13.8. The van der Waals surface area contributed by atoms with Crippen molar-refractivity contribution >= 4 is 12.4 Å². The summed E-state index contributed by atoms with van der Waals surface area (Å²) >= 11 is 0. The minimum atomic E-state index is -0.0457. The lowest BCUT2D eigenvalue weighted by molar-refractivity contribution is 0.268. The van der Waals surface area contributed by atoms with Crippen molar-refractivity contribution in [3.63, 3.8) is 0 Å². The number of benzene rings is 2. The highest BCUT2D eigenvalue weighted by atomic mass is 35.5. The Labute approximate surface area is 136 Å². The summed E-state index contributed by atoms with van der Waals surface area (Å²) in [6.45, 7) is 0.987. The van der Waals surface area contributed by atoms with Crippen LogP contribution in [0.5, 0.6) is 11.5 Å². The maximum atomic E-state index is 9.94. The first-order valence-electron chi connectivity index (χ1n) is 7.53. The normalized spacial score (nSPS) is 25.9. The van der Waals surface area contributed by atoms with Crippen LogP contribution in [0, 0.1) is 0 Å². The molecule has 2 aromatic carbocycles. The maximum absolute atomic E-state index is 9.94. The van der Waals surface area contributed by atoms with E-state index in [0.29, 0.717) is 17.5 Å². The lowest BCUT2D eigenvalue weighted by atomic mass is 9.61. The Morgan fingerprint density at radius 3 is 2.50 bits per heavy atom. The minimum Gasteiger partial charge on any atom is -0.508 e. The van der Waals surface area contributed by atoms with E-state index in [9.17, 15) is 10.2 Å². The molecule has 1 aliphatic carbocycles. The van der Waals surface area contributed by atoms with Crippen LogP contribution in [-0.2, 0) is 11.8 Å². The van der Waals surface area contributed by atoms with E-state index in [1.165, 1.54) is 16.7 Å². The summed E-state index contributed by atoms with van der Waals surface area (Å²) in [7, 11) is 0. The fourth-order valence-corrected chi connectivity index (χ4v) is 4.13. The molecule has 2 aliphatic rings. The number of hydrogen-bond donors (Lipinski definition) is 3. The molecule has 3 N–H and O–H groups in total. The third kappa shape index (κ3) is 2.25. The first kappa shape index (κ1) is 15.2. The van der Waals surface area contributed by atoms with Gasteiger partial charge in [-0.3, -0.25) is 0 Å². The smallest absolute Gasteiger partial charge is 0.115 e. The van der Waals surface area contributed by atoms with Gasteiger partial charge in [0, 0.05) is 11.5 Å². The molecule has 0 radical (unpaired) electrons. The van der Waals surface area contributed by atoms with Crippen LogP contribution in [0.3, 0.4) is 0 Å². The number of piperidine rings is 1. The van der Waals surface area contributed by atoms with Crippen LogP contribution in [-0.4, -0.2) is 22.8 Å². The lowest BCUT2D eigenvalue weighted by Crippen LogP contribution is -2.51. The summed E-state index contributed by atoms with van der Waals surface area (Å²) in [5.41, 5.74) is 3.77. The molecule has 0 spiro atoms. The number of halogens is 1. The van der Waals surface area contributed by atoms with Crippen LogP contribution >= 0.6 is 12.4 Å². The van der Waals surface area contributed by atoms with Crippen molar-refractivity contribution in [1.82, 2.24) is 5.32 Å². The number of phenols is 2. The number of aromatic hydroxyl groups is 2. The van der Waals surface area contributed by atoms with Gasteiger partial charge in [0.05, 0.1) is 0 Å². The molecule has 0 amide bonds. The first-order chi connectivity index (χ1) is 10.2. The molecule has 4 heteroatoms. The van der Waals surface area contributed by atoms with Crippen molar-refractivity contribution in [3.8, 4) is 11.5 Å². The van der Waals surface area contributed by atoms with E-state index in [2.05, 4.69) is 11.4 Å². The van der Waals surface area contributed by atoms with Crippen LogP contribution in [0.4, 0.5) is 0 Å². The molecule has 22 heavy (non-hydrogen) atoms. The van der Waals surface area contributed by atoms with E-state index >= 15 is 0 Å². The Hall–Kier alpha value is -1.71. The molecule has 2 aromatic rings. The molecule has 0 saturated carbocycles. The predicted octanol–water partition coefficient (Wildman–Crippen LogP) is 3.11. The quantitative estimate of drug-likeness (QED) is 0.757. The van der Waals surface area contributed by atoms with Gasteiger partial charge >= 0.3 is 0 Å². The predicted molar refractivity (Wildman–Crippen MR) is 89.0 cm³/mol. The molecular weight excluding hydrogens is 298 g/mol. The van der Waals surface area contributed by atoms with Crippen molar-refractivity contribution in [2.45, 2.75) is 30.7 Å². The highest BCUT2D eigenvalue weighted by Crippen LogP contribution is 2.48. The van der Waals surface area contributed by atoms with E-state index in [1.807, 2.05) is 18.2 Å². The Balaban J connectivity index is 0.00000144. The average molecular weight is 318 g/mol. The van der Waals surface area contributed by atoms with Gasteiger partial charge in [-0.15, -0.1) is 12.4 Å². The third-order valence-electron chi connectivity index (χ3n) is 5.07. The molecule has 2 unspecified atom stereocenters. The van der Waals surface area contributed by atoms with Crippen LogP contribution < -0.4 is 5.32 Å². The van der Waals surface area contributed by atoms with Gasteiger partial charge in [0.1, 0.15) is 11.5 Å². The first-order valence-corrected chi connectivity index (χ1v) is 7.53. The monoisotopic (exact) mass is 317 g/mol. The standard InChI is InChI=1S/C18H19NO2.ClH/c20-15-5-2-13(3-6-15)18-7-8-19-14(11-18)9-12-1-4-16(21)10-17(12)18;/h1-6,10,14,19-21H,7-9,11H2;1H. The van der Waals surface area contributed by atoms with Crippen molar-refractivity contribution in [2.24, 2.45) is 0 Å². The van der Waals surface area contributed by atoms with Crippen LogP contribution in [0.15, 0.2) is 42.5 Å². The van der Waals surface area contributed by atoms with Crippen LogP contribution in [0.25, 0.3) is 0 Å². The molecular formula is C18H20ClNO2. The highest BCUT2D eigenvalue weighted by molar-refractivity contribution is 5.85. The van der Waals surface area contributed by atoms with Crippen LogP contribution in [0.2, 0.25) is 0 Å². The Morgan fingerprint density at radius 2 is 1.73 bits per heavy atom. The SMILES string of the molecule is Cl.Oc1ccc(C23CCNC(Cc4ccc(O)cc42)C3)cc1. The van der Waals surface area contributed by atoms with Crippen molar-refractivity contribution in [3.05, 3.63) is 59.2 Å². The van der Waals surface area contributed by atoms with E-state index < -0.39 is 0 Å². The van der Waals surface area contributed by atoms with Gasteiger partial charge in [-0.25, -0.2) is 0 Å². The zero-order chi connectivity index (χ0) is 14.4. The van der Waals surface area contributed by atoms with Crippen molar-refractivity contribution in [1.29, 1.82) is 0 Å². The minimum absolute atomic E-state index is 0. The molecule has 2 bridgehead atoms. The largest absolute Gasteiger partial charge is 0.508 e. The topological polar surface area (TPSA) is 52.5 Å². The van der Waals surface area contributed by atoms with E-state index in [0.717, 1.165) is 25.8 Å². The van der Waals surface area contributed by atoms with Gasteiger partial charge in [0.2, 0.25) is 0 Å². The van der Waals surface area contributed by atoms with Gasteiger partial charge in [-0.2, -0.15) is 0 Å². The van der Waals surface area contributed by atoms with Gasteiger partial charge in [0.25, 0.3) is 0 Å². The summed E-state index contributed by atoms with van der Waals surface area (Å²) in [5, 5.41) is 23.1. The number of rotatable bonds is 1. The van der Waals surface area contributed by atoms with Gasteiger partial charge in [-0.1, -0.05) is 18.2 Å². The van der Waals surface area contributed by atoms with E-state index in [-0.39, 0.29) is 17.8 Å². The lowest BCUT2D eigenvalue weighted by Gasteiger charge is -2.47. The third-order valence-corrected chi connectivity index (χ3v) is 5.07. The molecule has 1 saturated heterocycles. The number of nitrogens with one attached hydrogen (secondary N) is 1. The second-order valence-electron chi connectivity index (χ2n) is 6.28. The number of phenolic OH excluding ortho intramolecular Hbond substituents is 2. The summed E-state index contributed by atoms with van der Waals surface area (Å²) < 4.78 is 0. The number of hydrogen-bond acceptors (Lipinski definition) is 3. The fraction of sp³-hybridized carbons (Fsp3) is 0.333. The Morgan fingerprint density at radius 1 is 1.00 bits per heavy atom.